The van der Waals surface area contributed by atoms with Gasteiger partial charge in [-0.15, -0.1) is 5.10 Å². The van der Waals surface area contributed by atoms with E-state index in [0.717, 1.165) is 35.2 Å². The minimum atomic E-state index is -0.496. The summed E-state index contributed by atoms with van der Waals surface area (Å²) in [7, 11) is 0. The number of ether oxygens (including phenoxy) is 1. The number of aromatic nitrogens is 4. The lowest BCUT2D eigenvalue weighted by atomic mass is 10.1. The van der Waals surface area contributed by atoms with Crippen LogP contribution in [0.3, 0.4) is 0 Å². The molecule has 2 aromatic heterocycles. The second kappa shape index (κ2) is 8.91. The van der Waals surface area contributed by atoms with Gasteiger partial charge in [-0.05, 0) is 61.6 Å². The van der Waals surface area contributed by atoms with Crippen LogP contribution >= 0.6 is 0 Å². The molecule has 4 aromatic rings. The zero-order valence-electron chi connectivity index (χ0n) is 17.9. The summed E-state index contributed by atoms with van der Waals surface area (Å²) >= 11 is 0. The van der Waals surface area contributed by atoms with Crippen molar-refractivity contribution in [2.45, 2.75) is 12.8 Å². The maximum absolute atomic E-state index is 14.5. The van der Waals surface area contributed by atoms with Crippen molar-refractivity contribution in [2.24, 2.45) is 0 Å². The Morgan fingerprint density at radius 3 is 2.85 bits per heavy atom. The zero-order chi connectivity index (χ0) is 22.8. The van der Waals surface area contributed by atoms with Gasteiger partial charge in [0.25, 0.3) is 5.91 Å². The van der Waals surface area contributed by atoms with Crippen molar-refractivity contribution < 1.29 is 13.9 Å². The van der Waals surface area contributed by atoms with Crippen LogP contribution in [0, 0.1) is 5.82 Å². The summed E-state index contributed by atoms with van der Waals surface area (Å²) in [6.45, 7) is 3.36. The fourth-order valence-corrected chi connectivity index (χ4v) is 3.95. The molecule has 9 nitrogen and oxygen atoms in total. The van der Waals surface area contributed by atoms with Crippen molar-refractivity contribution in [3.63, 3.8) is 0 Å². The van der Waals surface area contributed by atoms with Gasteiger partial charge >= 0.3 is 0 Å². The van der Waals surface area contributed by atoms with E-state index < -0.39 is 11.7 Å². The number of likely N-dealkylation sites (tertiary alicyclic amines) is 1. The third-order valence-electron chi connectivity index (χ3n) is 5.68. The second-order valence-electron chi connectivity index (χ2n) is 7.96. The van der Waals surface area contributed by atoms with Gasteiger partial charge in [0.05, 0.1) is 0 Å². The molecule has 0 bridgehead atoms. The molecule has 0 unspecified atom stereocenters. The molecule has 0 saturated carbocycles. The number of carbonyl (C=O) groups excluding carboxylic acids is 1. The summed E-state index contributed by atoms with van der Waals surface area (Å²) in [5.74, 6) is -0.713. The van der Waals surface area contributed by atoms with Crippen molar-refractivity contribution in [1.82, 2.24) is 24.6 Å². The number of rotatable bonds is 7. The van der Waals surface area contributed by atoms with Gasteiger partial charge < -0.3 is 20.8 Å². The number of carbonyl (C=O) groups is 1. The van der Waals surface area contributed by atoms with Crippen LogP contribution in [0.4, 0.5) is 22.0 Å². The summed E-state index contributed by atoms with van der Waals surface area (Å²) in [4.78, 5) is 22.3. The van der Waals surface area contributed by atoms with E-state index in [0.29, 0.717) is 17.9 Å². The van der Waals surface area contributed by atoms with Crippen LogP contribution in [-0.2, 0) is 0 Å². The highest BCUT2D eigenvalue weighted by molar-refractivity contribution is 6.00. The number of nitrogens with two attached hydrogens (primary N) is 1. The van der Waals surface area contributed by atoms with Gasteiger partial charge in [0.2, 0.25) is 11.9 Å². The first-order valence-corrected chi connectivity index (χ1v) is 10.8. The molecule has 0 aliphatic carbocycles. The molecule has 0 spiro atoms. The van der Waals surface area contributed by atoms with Crippen LogP contribution in [0.2, 0.25) is 0 Å². The fraction of sp³-hybridized carbons (Fsp3) is 0.261. The van der Waals surface area contributed by atoms with Crippen LogP contribution in [0.1, 0.15) is 23.2 Å². The Hall–Kier alpha value is -3.92. The number of nitrogen functional groups attached to an aromatic ring is 1. The predicted molar refractivity (Wildman–Crippen MR) is 123 cm³/mol. The van der Waals surface area contributed by atoms with E-state index in [1.54, 1.807) is 30.5 Å². The lowest BCUT2D eigenvalue weighted by Crippen LogP contribution is -2.25. The molecular formula is C23H24FN7O2. The quantitative estimate of drug-likeness (QED) is 0.396. The Bertz CT molecular complexity index is 1290. The Morgan fingerprint density at radius 2 is 2.03 bits per heavy atom. The van der Waals surface area contributed by atoms with Gasteiger partial charge in [0.15, 0.2) is 11.6 Å². The molecule has 0 atom stereocenters. The van der Waals surface area contributed by atoms with E-state index in [9.17, 15) is 9.18 Å². The molecule has 10 heteroatoms. The molecule has 0 radical (unpaired) electrons. The molecule has 1 fully saturated rings. The number of nitrogens with zero attached hydrogens (tertiary/aromatic N) is 4. The lowest BCUT2D eigenvalue weighted by molar-refractivity contribution is 0.0948. The predicted octanol–water partition coefficient (Wildman–Crippen LogP) is 3.39. The van der Waals surface area contributed by atoms with Gasteiger partial charge in [0.1, 0.15) is 6.61 Å². The fourth-order valence-electron chi connectivity index (χ4n) is 3.95. The Morgan fingerprint density at radius 1 is 1.18 bits per heavy atom. The first kappa shape index (κ1) is 21.0. The minimum Gasteiger partial charge on any atom is -0.489 e. The molecule has 1 aliphatic heterocycles. The smallest absolute Gasteiger partial charge is 0.281 e. The van der Waals surface area contributed by atoms with E-state index in [1.165, 1.54) is 18.9 Å². The van der Waals surface area contributed by atoms with E-state index in [4.69, 9.17) is 10.5 Å². The monoisotopic (exact) mass is 449 g/mol. The van der Waals surface area contributed by atoms with Crippen molar-refractivity contribution in [3.8, 4) is 5.75 Å². The average molecular weight is 449 g/mol. The molecule has 3 heterocycles. The van der Waals surface area contributed by atoms with Crippen molar-refractivity contribution >= 4 is 34.4 Å². The van der Waals surface area contributed by atoms with Crippen LogP contribution in [0.25, 0.3) is 10.9 Å². The van der Waals surface area contributed by atoms with Crippen LogP contribution in [0.5, 0.6) is 5.75 Å². The average Bonchev–Trinajstić information content (AvgIpc) is 3.55. The van der Waals surface area contributed by atoms with E-state index >= 15 is 0 Å². The third-order valence-corrected chi connectivity index (χ3v) is 5.68. The summed E-state index contributed by atoms with van der Waals surface area (Å²) in [5, 5.41) is 8.02. The second-order valence-corrected chi connectivity index (χ2v) is 7.96. The summed E-state index contributed by atoms with van der Waals surface area (Å²) in [5.41, 5.74) is 7.56. The third kappa shape index (κ3) is 4.51. The number of nitrogens with one attached hydrogen (secondary N) is 2. The van der Waals surface area contributed by atoms with Crippen molar-refractivity contribution in [2.75, 3.05) is 37.3 Å². The highest BCUT2D eigenvalue weighted by atomic mass is 19.1. The van der Waals surface area contributed by atoms with Gasteiger partial charge in [-0.25, -0.2) is 4.39 Å². The number of fused-ring (bicyclic) bond motifs is 1. The van der Waals surface area contributed by atoms with E-state index in [2.05, 4.69) is 25.3 Å². The highest BCUT2D eigenvalue weighted by Crippen LogP contribution is 2.24. The number of halogens is 1. The Kier molecular flexibility index (Phi) is 5.66. The molecule has 4 N–H and O–H groups in total. The molecule has 2 aromatic carbocycles. The van der Waals surface area contributed by atoms with Crippen LogP contribution in [0.15, 0.2) is 48.7 Å². The topological polar surface area (TPSA) is 114 Å². The van der Waals surface area contributed by atoms with Crippen molar-refractivity contribution in [1.29, 1.82) is 0 Å². The van der Waals surface area contributed by atoms with Crippen LogP contribution in [-0.4, -0.2) is 56.8 Å². The number of benzene rings is 2. The first-order chi connectivity index (χ1) is 16.1. The number of hydrogen-bond donors (Lipinski definition) is 3. The van der Waals surface area contributed by atoms with Gasteiger partial charge in [0, 0.05) is 35.6 Å². The molecule has 0 amide bonds. The zero-order valence-corrected chi connectivity index (χ0v) is 17.9. The van der Waals surface area contributed by atoms with Crippen LogP contribution < -0.4 is 15.8 Å². The lowest BCUT2D eigenvalue weighted by Gasteiger charge is -2.15. The minimum absolute atomic E-state index is 0.0728. The summed E-state index contributed by atoms with van der Waals surface area (Å²) < 4.78 is 21.1. The standard InChI is InChI=1S/C23H24FN7O2/c24-18-14-17(5-6-20(18)33-12-11-30-9-1-2-10-30)27-23-28-22(25)31(29-23)21(32)16-4-3-15-7-8-26-19(15)13-16/h3-8,13-14,26H,1-2,9-12H2,(H3,25,27,28,29). The number of anilines is 3. The molecule has 5 rings (SSSR count). The molecule has 1 saturated heterocycles. The number of hydrogen-bond acceptors (Lipinski definition) is 7. The summed E-state index contributed by atoms with van der Waals surface area (Å²) in [6.07, 6.45) is 4.21. The van der Waals surface area contributed by atoms with Gasteiger partial charge in [-0.3, -0.25) is 9.69 Å². The Labute approximate surface area is 189 Å². The number of aromatic amines is 1. The van der Waals surface area contributed by atoms with E-state index in [-0.39, 0.29) is 17.6 Å². The maximum atomic E-state index is 14.5. The van der Waals surface area contributed by atoms with Crippen molar-refractivity contribution in [3.05, 3.63) is 60.0 Å². The normalized spacial score (nSPS) is 14.1. The Balaban J connectivity index is 1.25. The largest absolute Gasteiger partial charge is 0.489 e. The molecular weight excluding hydrogens is 425 g/mol. The first-order valence-electron chi connectivity index (χ1n) is 10.8. The number of H-pyrrole nitrogens is 1. The van der Waals surface area contributed by atoms with Gasteiger partial charge in [-0.2, -0.15) is 9.67 Å². The SMILES string of the molecule is Nc1nc(Nc2ccc(OCCN3CCCC3)c(F)c2)nn1C(=O)c1ccc2cc[nH]c2c1. The van der Waals surface area contributed by atoms with E-state index in [1.807, 2.05) is 12.1 Å². The highest BCUT2D eigenvalue weighted by Gasteiger charge is 2.17. The molecule has 33 heavy (non-hydrogen) atoms. The summed E-state index contributed by atoms with van der Waals surface area (Å²) in [6, 6.07) is 11.7. The molecule has 170 valence electrons. The maximum Gasteiger partial charge on any atom is 0.281 e. The molecule has 1 aliphatic rings. The van der Waals surface area contributed by atoms with Gasteiger partial charge in [-0.1, -0.05) is 6.07 Å².